The molecule has 0 saturated carbocycles. The van der Waals surface area contributed by atoms with Gasteiger partial charge in [0.05, 0.1) is 0 Å². The summed E-state index contributed by atoms with van der Waals surface area (Å²) in [4.78, 5) is 4.15. The largest absolute Gasteiger partial charge is 0.316 e. The lowest BCUT2D eigenvalue weighted by Gasteiger charge is -2.24. The Morgan fingerprint density at radius 2 is 2.33 bits per heavy atom. The quantitative estimate of drug-likeness (QED) is 0.701. The molecule has 1 aromatic heterocycles. The van der Waals surface area contributed by atoms with Gasteiger partial charge in [-0.3, -0.25) is 5.10 Å². The monoisotopic (exact) mass is 228 g/mol. The second-order valence-electron chi connectivity index (χ2n) is 3.54. The minimum atomic E-state index is 0.551. The van der Waals surface area contributed by atoms with Gasteiger partial charge in [0.15, 0.2) is 5.16 Å². The third kappa shape index (κ3) is 3.83. The molecule has 4 nitrogen and oxygen atoms in total. The third-order valence-electron chi connectivity index (χ3n) is 2.48. The first-order chi connectivity index (χ1) is 7.31. The third-order valence-corrected chi connectivity index (χ3v) is 3.86. The van der Waals surface area contributed by atoms with E-state index < -0.39 is 0 Å². The highest BCUT2D eigenvalue weighted by Gasteiger charge is 2.19. The first-order valence-electron chi connectivity index (χ1n) is 5.51. The van der Waals surface area contributed by atoms with Crippen molar-refractivity contribution in [3.8, 4) is 0 Å². The fourth-order valence-corrected chi connectivity index (χ4v) is 2.77. The van der Waals surface area contributed by atoms with Crippen molar-refractivity contribution in [3.63, 3.8) is 0 Å². The number of nitrogens with one attached hydrogen (secondary N) is 2. The maximum atomic E-state index is 4.15. The Labute approximate surface area is 95.6 Å². The van der Waals surface area contributed by atoms with Crippen LogP contribution in [0.2, 0.25) is 0 Å². The average Bonchev–Trinajstić information content (AvgIpc) is 2.75. The Hall–Kier alpha value is -0.550. The Morgan fingerprint density at radius 1 is 1.53 bits per heavy atom. The molecule has 0 fully saturated rings. The number of thioether (sulfide) groups is 1. The SMILES string of the molecule is CCCC(NC)C(CC)Sc1ncn[nH]1. The molecule has 1 aromatic rings. The second-order valence-corrected chi connectivity index (χ2v) is 4.77. The van der Waals surface area contributed by atoms with Gasteiger partial charge in [0, 0.05) is 11.3 Å². The molecule has 0 aliphatic rings. The van der Waals surface area contributed by atoms with Crippen LogP contribution in [0.1, 0.15) is 33.1 Å². The molecule has 0 spiro atoms. The van der Waals surface area contributed by atoms with E-state index in [0.29, 0.717) is 11.3 Å². The van der Waals surface area contributed by atoms with Crippen LogP contribution in [-0.2, 0) is 0 Å². The summed E-state index contributed by atoms with van der Waals surface area (Å²) in [7, 11) is 2.03. The molecule has 1 heterocycles. The number of hydrogen-bond donors (Lipinski definition) is 2. The molecule has 0 aromatic carbocycles. The number of H-pyrrole nitrogens is 1. The van der Waals surface area contributed by atoms with Crippen molar-refractivity contribution < 1.29 is 0 Å². The van der Waals surface area contributed by atoms with Gasteiger partial charge in [-0.1, -0.05) is 32.0 Å². The fraction of sp³-hybridized carbons (Fsp3) is 0.800. The van der Waals surface area contributed by atoms with Crippen LogP contribution in [0, 0.1) is 0 Å². The first-order valence-corrected chi connectivity index (χ1v) is 6.39. The predicted octanol–water partition coefficient (Wildman–Crippen LogP) is 2.06. The molecule has 2 atom stereocenters. The lowest BCUT2D eigenvalue weighted by Crippen LogP contribution is -2.35. The Morgan fingerprint density at radius 3 is 2.80 bits per heavy atom. The molecular formula is C10H20N4S. The molecule has 2 N–H and O–H groups in total. The van der Waals surface area contributed by atoms with Gasteiger partial charge in [0.25, 0.3) is 0 Å². The van der Waals surface area contributed by atoms with E-state index in [1.807, 2.05) is 7.05 Å². The number of nitrogens with zero attached hydrogens (tertiary/aromatic N) is 2. The summed E-state index contributed by atoms with van der Waals surface area (Å²) >= 11 is 1.78. The Kier molecular flexibility index (Phi) is 5.71. The van der Waals surface area contributed by atoms with Gasteiger partial charge in [-0.15, -0.1) is 0 Å². The normalized spacial score (nSPS) is 15.1. The van der Waals surface area contributed by atoms with Crippen LogP contribution in [-0.4, -0.2) is 33.5 Å². The van der Waals surface area contributed by atoms with Crippen LogP contribution in [0.25, 0.3) is 0 Å². The van der Waals surface area contributed by atoms with Crippen LogP contribution in [0.5, 0.6) is 0 Å². The molecule has 0 saturated heterocycles. The second kappa shape index (κ2) is 6.85. The van der Waals surface area contributed by atoms with E-state index >= 15 is 0 Å². The van der Waals surface area contributed by atoms with Gasteiger partial charge >= 0.3 is 0 Å². The summed E-state index contributed by atoms with van der Waals surface area (Å²) in [6, 6.07) is 0.551. The summed E-state index contributed by atoms with van der Waals surface area (Å²) < 4.78 is 0. The van der Waals surface area contributed by atoms with Crippen molar-refractivity contribution >= 4 is 11.8 Å². The molecule has 0 amide bonds. The van der Waals surface area contributed by atoms with E-state index in [1.165, 1.54) is 12.8 Å². The zero-order valence-electron chi connectivity index (χ0n) is 9.66. The molecule has 0 aliphatic heterocycles. The van der Waals surface area contributed by atoms with Gasteiger partial charge in [-0.2, -0.15) is 5.10 Å². The van der Waals surface area contributed by atoms with Crippen molar-refractivity contribution in [2.24, 2.45) is 0 Å². The minimum absolute atomic E-state index is 0.551. The average molecular weight is 228 g/mol. The molecule has 1 rings (SSSR count). The summed E-state index contributed by atoms with van der Waals surface area (Å²) in [5.74, 6) is 0. The molecule has 15 heavy (non-hydrogen) atoms. The van der Waals surface area contributed by atoms with E-state index in [0.717, 1.165) is 11.6 Å². The number of rotatable bonds is 7. The van der Waals surface area contributed by atoms with Crippen LogP contribution in [0.15, 0.2) is 11.5 Å². The van der Waals surface area contributed by atoms with E-state index in [9.17, 15) is 0 Å². The summed E-state index contributed by atoms with van der Waals surface area (Å²) in [6.07, 6.45) is 5.11. The minimum Gasteiger partial charge on any atom is -0.316 e. The number of aromatic amines is 1. The maximum absolute atomic E-state index is 4.15. The zero-order valence-corrected chi connectivity index (χ0v) is 10.5. The summed E-state index contributed by atoms with van der Waals surface area (Å²) in [5, 5.41) is 11.6. The van der Waals surface area contributed by atoms with Gasteiger partial charge in [0.2, 0.25) is 0 Å². The molecule has 5 heteroatoms. The van der Waals surface area contributed by atoms with Crippen LogP contribution < -0.4 is 5.32 Å². The van der Waals surface area contributed by atoms with Gasteiger partial charge in [-0.25, -0.2) is 4.98 Å². The van der Waals surface area contributed by atoms with Crippen molar-refractivity contribution in [2.45, 2.75) is 49.6 Å². The van der Waals surface area contributed by atoms with Gasteiger partial charge < -0.3 is 5.32 Å². The highest BCUT2D eigenvalue weighted by Crippen LogP contribution is 2.25. The summed E-state index contributed by atoms with van der Waals surface area (Å²) in [6.45, 7) is 4.43. The smallest absolute Gasteiger partial charge is 0.183 e. The predicted molar refractivity (Wildman–Crippen MR) is 64.1 cm³/mol. The maximum Gasteiger partial charge on any atom is 0.183 e. The van der Waals surface area contributed by atoms with Crippen molar-refractivity contribution in [3.05, 3.63) is 6.33 Å². The van der Waals surface area contributed by atoms with E-state index in [4.69, 9.17) is 0 Å². The van der Waals surface area contributed by atoms with Crippen LogP contribution in [0.4, 0.5) is 0 Å². The van der Waals surface area contributed by atoms with Gasteiger partial charge in [0.1, 0.15) is 6.33 Å². The van der Waals surface area contributed by atoms with E-state index in [-0.39, 0.29) is 0 Å². The molecule has 2 unspecified atom stereocenters. The highest BCUT2D eigenvalue weighted by atomic mass is 32.2. The van der Waals surface area contributed by atoms with Crippen LogP contribution in [0.3, 0.4) is 0 Å². The molecule has 0 radical (unpaired) electrons. The highest BCUT2D eigenvalue weighted by molar-refractivity contribution is 7.99. The Bertz CT molecular complexity index is 250. The standard InChI is InChI=1S/C10H20N4S/c1-4-6-8(11-3)9(5-2)15-10-12-7-13-14-10/h7-9,11H,4-6H2,1-3H3,(H,12,13,14). The zero-order chi connectivity index (χ0) is 11.1. The first kappa shape index (κ1) is 12.5. The summed E-state index contributed by atoms with van der Waals surface area (Å²) in [5.41, 5.74) is 0. The number of aromatic nitrogens is 3. The topological polar surface area (TPSA) is 53.6 Å². The van der Waals surface area contributed by atoms with Crippen molar-refractivity contribution in [1.29, 1.82) is 0 Å². The van der Waals surface area contributed by atoms with Crippen molar-refractivity contribution in [1.82, 2.24) is 20.5 Å². The lowest BCUT2D eigenvalue weighted by molar-refractivity contribution is 0.489. The van der Waals surface area contributed by atoms with E-state index in [1.54, 1.807) is 18.1 Å². The van der Waals surface area contributed by atoms with Gasteiger partial charge in [-0.05, 0) is 19.9 Å². The molecule has 0 aliphatic carbocycles. The fourth-order valence-electron chi connectivity index (χ4n) is 1.67. The molecular weight excluding hydrogens is 208 g/mol. The van der Waals surface area contributed by atoms with Crippen molar-refractivity contribution in [2.75, 3.05) is 7.05 Å². The molecule has 0 bridgehead atoms. The van der Waals surface area contributed by atoms with E-state index in [2.05, 4.69) is 34.3 Å². The van der Waals surface area contributed by atoms with Crippen LogP contribution >= 0.6 is 11.8 Å². The number of hydrogen-bond acceptors (Lipinski definition) is 4. The molecule has 86 valence electrons. The lowest BCUT2D eigenvalue weighted by atomic mass is 10.1. The Balaban J connectivity index is 2.53.